The number of ether oxygens (including phenoxy) is 2. The Hall–Kier alpha value is -2.61. The van der Waals surface area contributed by atoms with Crippen LogP contribution in [0, 0.1) is 0 Å². The summed E-state index contributed by atoms with van der Waals surface area (Å²) in [5.74, 6) is -0.488. The predicted molar refractivity (Wildman–Crippen MR) is 161 cm³/mol. The van der Waals surface area contributed by atoms with Gasteiger partial charge < -0.3 is 18.4 Å². The van der Waals surface area contributed by atoms with Crippen molar-refractivity contribution >= 4 is 22.0 Å². The quantitative estimate of drug-likeness (QED) is 0.190. The molecular formula is C28H43FN3O9PSi. The molecule has 2 N–H and O–H groups in total. The van der Waals surface area contributed by atoms with E-state index in [-0.39, 0.29) is 10.8 Å². The molecule has 6 atom stereocenters. The van der Waals surface area contributed by atoms with E-state index in [1.165, 1.54) is 13.8 Å². The van der Waals surface area contributed by atoms with Crippen LogP contribution in [0.15, 0.2) is 52.2 Å². The number of aromatic amines is 1. The fraction of sp³-hybridized carbons (Fsp3) is 0.607. The Morgan fingerprint density at radius 3 is 2.37 bits per heavy atom. The van der Waals surface area contributed by atoms with Gasteiger partial charge in [0.25, 0.3) is 5.56 Å². The van der Waals surface area contributed by atoms with Crippen LogP contribution in [-0.4, -0.2) is 60.5 Å². The number of para-hydroxylation sites is 1. The molecule has 12 nitrogen and oxygen atoms in total. The van der Waals surface area contributed by atoms with Crippen LogP contribution in [0.1, 0.15) is 54.7 Å². The van der Waals surface area contributed by atoms with E-state index in [2.05, 4.69) is 10.1 Å². The van der Waals surface area contributed by atoms with Crippen molar-refractivity contribution in [1.29, 1.82) is 0 Å². The van der Waals surface area contributed by atoms with E-state index in [1.54, 1.807) is 44.2 Å². The third-order valence-corrected chi connectivity index (χ3v) is 13.5. The molecule has 1 aliphatic rings. The number of carbonyl (C=O) groups is 1. The third kappa shape index (κ3) is 8.52. The minimum Gasteiger partial charge on any atom is -0.462 e. The first kappa shape index (κ1) is 34.9. The number of benzene rings is 1. The molecule has 0 bridgehead atoms. The number of alkyl halides is 1. The van der Waals surface area contributed by atoms with Gasteiger partial charge in [0.05, 0.1) is 12.7 Å². The Morgan fingerprint density at radius 2 is 1.81 bits per heavy atom. The molecule has 0 amide bonds. The molecule has 0 aliphatic carbocycles. The van der Waals surface area contributed by atoms with Crippen LogP contribution >= 0.6 is 7.75 Å². The Kier molecular flexibility index (Phi) is 10.7. The molecule has 0 spiro atoms. The molecule has 1 saturated heterocycles. The van der Waals surface area contributed by atoms with Gasteiger partial charge in [-0.2, -0.15) is 5.09 Å². The molecule has 1 aliphatic heterocycles. The van der Waals surface area contributed by atoms with Gasteiger partial charge in [-0.25, -0.2) is 13.8 Å². The third-order valence-electron chi connectivity index (χ3n) is 7.45. The summed E-state index contributed by atoms with van der Waals surface area (Å²) in [5, 5.41) is 2.28. The van der Waals surface area contributed by atoms with E-state index in [1.807, 2.05) is 33.9 Å². The predicted octanol–water partition coefficient (Wildman–Crippen LogP) is 4.69. The first-order valence-corrected chi connectivity index (χ1v) is 18.5. The first-order chi connectivity index (χ1) is 19.8. The van der Waals surface area contributed by atoms with Crippen molar-refractivity contribution in [2.45, 2.75) is 103 Å². The summed E-state index contributed by atoms with van der Waals surface area (Å²) in [6, 6.07) is 8.17. The number of nitrogens with zero attached hydrogens (tertiary/aromatic N) is 1. The van der Waals surface area contributed by atoms with Crippen molar-refractivity contribution in [1.82, 2.24) is 14.6 Å². The maximum atomic E-state index is 16.8. The van der Waals surface area contributed by atoms with Crippen LogP contribution in [0.25, 0.3) is 0 Å². The fourth-order valence-electron chi connectivity index (χ4n) is 4.14. The zero-order valence-electron chi connectivity index (χ0n) is 26.1. The van der Waals surface area contributed by atoms with Gasteiger partial charge in [0.15, 0.2) is 20.2 Å². The van der Waals surface area contributed by atoms with Crippen molar-refractivity contribution < 1.29 is 36.7 Å². The number of hydrogen-bond acceptors (Lipinski definition) is 9. The zero-order valence-corrected chi connectivity index (χ0v) is 28.0. The average Bonchev–Trinajstić information content (AvgIpc) is 3.11. The second-order valence-electron chi connectivity index (χ2n) is 12.5. The fourth-order valence-corrected chi connectivity index (χ4v) is 7.01. The van der Waals surface area contributed by atoms with Gasteiger partial charge in [0, 0.05) is 12.3 Å². The standard InChI is InChI=1S/C28H43FN3O9PSi/c1-18(2)38-24(34)19(3)31-42(36,40-20-13-11-10-12-14-20)37-17-21-23(41-43(8,9)27(4,5)6)28(7,29)25(39-21)32-16-15-22(33)30-26(32)35/h10-16,18-19,21,23,25H,17H2,1-9H3,(H,31,36)(H,30,33,35)/t19-,21?,23+,25+,28+,42?/m0/s1. The summed E-state index contributed by atoms with van der Waals surface area (Å²) in [4.78, 5) is 38.9. The lowest BCUT2D eigenvalue weighted by molar-refractivity contribution is -0.149. The molecule has 2 aromatic rings. The number of aromatic nitrogens is 2. The molecule has 0 saturated carbocycles. The van der Waals surface area contributed by atoms with Crippen molar-refractivity contribution in [3.63, 3.8) is 0 Å². The molecule has 0 radical (unpaired) electrons. The zero-order chi connectivity index (χ0) is 32.4. The van der Waals surface area contributed by atoms with Crippen LogP contribution < -0.4 is 20.9 Å². The molecule has 1 aromatic heterocycles. The average molecular weight is 644 g/mol. The van der Waals surface area contributed by atoms with E-state index < -0.39 is 76.1 Å². The number of carbonyl (C=O) groups excluding carboxylic acids is 1. The van der Waals surface area contributed by atoms with Gasteiger partial charge in [0.1, 0.15) is 24.0 Å². The second kappa shape index (κ2) is 13.2. The highest BCUT2D eigenvalue weighted by Crippen LogP contribution is 2.50. The number of rotatable bonds is 12. The molecule has 15 heteroatoms. The second-order valence-corrected chi connectivity index (χ2v) is 19.0. The summed E-state index contributed by atoms with van der Waals surface area (Å²) in [7, 11) is -6.96. The van der Waals surface area contributed by atoms with Crippen molar-refractivity contribution in [3.8, 4) is 5.75 Å². The normalized spacial score (nSPS) is 24.9. The van der Waals surface area contributed by atoms with Gasteiger partial charge in [-0.1, -0.05) is 39.0 Å². The van der Waals surface area contributed by atoms with Gasteiger partial charge in [-0.15, -0.1) is 0 Å². The molecule has 1 fully saturated rings. The van der Waals surface area contributed by atoms with Crippen molar-refractivity contribution in [2.24, 2.45) is 0 Å². The largest absolute Gasteiger partial charge is 0.462 e. The van der Waals surface area contributed by atoms with E-state index in [0.717, 1.165) is 16.8 Å². The topological polar surface area (TPSA) is 147 Å². The van der Waals surface area contributed by atoms with Crippen LogP contribution in [0.4, 0.5) is 4.39 Å². The number of esters is 1. The molecule has 2 unspecified atom stereocenters. The highest BCUT2D eigenvalue weighted by atomic mass is 31.2. The number of nitrogens with one attached hydrogen (secondary N) is 2. The maximum Gasteiger partial charge on any atom is 0.459 e. The highest BCUT2D eigenvalue weighted by Gasteiger charge is 2.59. The lowest BCUT2D eigenvalue weighted by atomic mass is 9.98. The molecule has 1 aromatic carbocycles. The Morgan fingerprint density at radius 1 is 1.19 bits per heavy atom. The van der Waals surface area contributed by atoms with E-state index in [0.29, 0.717) is 0 Å². The highest BCUT2D eigenvalue weighted by molar-refractivity contribution is 7.52. The number of halogens is 1. The number of hydrogen-bond donors (Lipinski definition) is 2. The molecule has 3 rings (SSSR count). The molecule has 43 heavy (non-hydrogen) atoms. The van der Waals surface area contributed by atoms with E-state index >= 15 is 4.39 Å². The Bertz CT molecular complexity index is 1420. The van der Waals surface area contributed by atoms with Crippen LogP contribution in [0.3, 0.4) is 0 Å². The van der Waals surface area contributed by atoms with Gasteiger partial charge in [-0.05, 0) is 58.0 Å². The van der Waals surface area contributed by atoms with E-state index in [4.69, 9.17) is 22.9 Å². The van der Waals surface area contributed by atoms with Gasteiger partial charge in [0.2, 0.25) is 0 Å². The van der Waals surface area contributed by atoms with Crippen LogP contribution in [-0.2, 0) is 27.8 Å². The van der Waals surface area contributed by atoms with Crippen molar-refractivity contribution in [3.05, 3.63) is 63.4 Å². The van der Waals surface area contributed by atoms with Gasteiger partial charge in [-0.3, -0.25) is 23.7 Å². The van der Waals surface area contributed by atoms with E-state index in [9.17, 15) is 18.9 Å². The summed E-state index contributed by atoms with van der Waals surface area (Å²) in [5.41, 5.74) is -3.81. The van der Waals surface area contributed by atoms with Crippen LogP contribution in [0.2, 0.25) is 18.1 Å². The SMILES string of the molecule is CC(C)OC(=O)[C@H](C)NP(=O)(OCC1O[C@@H](n2ccc(=O)[nH]c2=O)[C@](C)(F)[C@@H]1O[Si](C)(C)C(C)(C)C)Oc1ccccc1. The Balaban J connectivity index is 1.97. The Labute approximate surface area is 251 Å². The minimum absolute atomic E-state index is 0.192. The number of H-pyrrole nitrogens is 1. The summed E-state index contributed by atoms with van der Waals surface area (Å²) in [6.45, 7) is 15.4. The maximum absolute atomic E-state index is 16.8. The summed E-state index contributed by atoms with van der Waals surface area (Å²) >= 11 is 0. The van der Waals surface area contributed by atoms with Crippen LogP contribution in [0.5, 0.6) is 5.75 Å². The first-order valence-electron chi connectivity index (χ1n) is 14.1. The lowest BCUT2D eigenvalue weighted by Crippen LogP contribution is -2.53. The lowest BCUT2D eigenvalue weighted by Gasteiger charge is -2.41. The smallest absolute Gasteiger partial charge is 0.459 e. The molecule has 240 valence electrons. The van der Waals surface area contributed by atoms with Gasteiger partial charge >= 0.3 is 19.4 Å². The van der Waals surface area contributed by atoms with Crippen molar-refractivity contribution in [2.75, 3.05) is 6.61 Å². The molecule has 2 heterocycles. The molecular weight excluding hydrogens is 600 g/mol. The summed E-state index contributed by atoms with van der Waals surface area (Å²) < 4.78 is 61.1. The summed E-state index contributed by atoms with van der Waals surface area (Å²) in [6.07, 6.45) is -3.24. The monoisotopic (exact) mass is 643 g/mol. The minimum atomic E-state index is -4.32.